The summed E-state index contributed by atoms with van der Waals surface area (Å²) in [5.74, 6) is -1.61. The van der Waals surface area contributed by atoms with Crippen molar-refractivity contribution in [1.82, 2.24) is 0 Å². The van der Waals surface area contributed by atoms with Gasteiger partial charge < -0.3 is 20.3 Å². The highest BCUT2D eigenvalue weighted by Crippen LogP contribution is 2.24. The normalized spacial score (nSPS) is 28.7. The van der Waals surface area contributed by atoms with E-state index >= 15 is 0 Å². The monoisotopic (exact) mass is 189 g/mol. The molecule has 1 saturated heterocycles. The highest BCUT2D eigenvalue weighted by Gasteiger charge is 2.34. The molecule has 0 aromatic rings. The molecule has 5 nitrogen and oxygen atoms in total. The van der Waals surface area contributed by atoms with Crippen LogP contribution in [0.1, 0.15) is 20.3 Å². The van der Waals surface area contributed by atoms with E-state index in [1.54, 1.807) is 13.8 Å². The average molecular weight is 189 g/mol. The third kappa shape index (κ3) is 2.95. The van der Waals surface area contributed by atoms with Crippen LogP contribution < -0.4 is 5.73 Å². The standard InChI is InChI=1S/C8H15NO4/c1-8(2)12-4-5(13-8)3-6(9)7(10)11/h5-6H,3-4,9H2,1-2H3,(H,10,11). The number of carbonyl (C=O) groups is 1. The van der Waals surface area contributed by atoms with Crippen molar-refractivity contribution in [1.29, 1.82) is 0 Å². The first-order valence-electron chi connectivity index (χ1n) is 4.21. The van der Waals surface area contributed by atoms with E-state index in [9.17, 15) is 4.79 Å². The summed E-state index contributed by atoms with van der Waals surface area (Å²) in [7, 11) is 0. The Kier molecular flexibility index (Phi) is 2.90. The Hall–Kier alpha value is -0.650. The van der Waals surface area contributed by atoms with Gasteiger partial charge >= 0.3 is 5.97 Å². The summed E-state index contributed by atoms with van der Waals surface area (Å²) in [6.07, 6.45) is 0.0831. The second kappa shape index (κ2) is 3.61. The molecule has 0 aromatic heterocycles. The molecule has 2 unspecified atom stereocenters. The second-order valence-corrected chi connectivity index (χ2v) is 3.63. The van der Waals surface area contributed by atoms with Gasteiger partial charge in [-0.1, -0.05) is 0 Å². The van der Waals surface area contributed by atoms with E-state index in [0.29, 0.717) is 13.0 Å². The molecule has 0 aliphatic carbocycles. The maximum Gasteiger partial charge on any atom is 0.320 e. The SMILES string of the molecule is CC1(C)OCC(CC(N)C(=O)O)O1. The van der Waals surface area contributed by atoms with Gasteiger partial charge in [-0.2, -0.15) is 0 Å². The van der Waals surface area contributed by atoms with Crippen molar-refractivity contribution in [3.63, 3.8) is 0 Å². The molecular formula is C8H15NO4. The van der Waals surface area contributed by atoms with Crippen LogP contribution in [0.4, 0.5) is 0 Å². The molecule has 0 saturated carbocycles. The number of carboxylic acids is 1. The van der Waals surface area contributed by atoms with E-state index in [-0.39, 0.29) is 6.10 Å². The Labute approximate surface area is 76.8 Å². The third-order valence-electron chi connectivity index (χ3n) is 1.90. The van der Waals surface area contributed by atoms with Crippen LogP contribution >= 0.6 is 0 Å². The van der Waals surface area contributed by atoms with Gasteiger partial charge in [-0.05, 0) is 13.8 Å². The van der Waals surface area contributed by atoms with Gasteiger partial charge in [-0.25, -0.2) is 0 Å². The third-order valence-corrected chi connectivity index (χ3v) is 1.90. The largest absolute Gasteiger partial charge is 0.480 e. The van der Waals surface area contributed by atoms with E-state index in [1.165, 1.54) is 0 Å². The fraction of sp³-hybridized carbons (Fsp3) is 0.875. The van der Waals surface area contributed by atoms with Crippen LogP contribution in [0.25, 0.3) is 0 Å². The molecule has 3 N–H and O–H groups in total. The number of carboxylic acid groups (broad SMARTS) is 1. The molecule has 5 heteroatoms. The van der Waals surface area contributed by atoms with Gasteiger partial charge in [0.2, 0.25) is 0 Å². The zero-order chi connectivity index (χ0) is 10.1. The van der Waals surface area contributed by atoms with Crippen LogP contribution in [0.2, 0.25) is 0 Å². The lowest BCUT2D eigenvalue weighted by molar-refractivity contribution is -0.146. The summed E-state index contributed by atoms with van der Waals surface area (Å²) in [5.41, 5.74) is 5.35. The molecular weight excluding hydrogens is 174 g/mol. The molecule has 0 spiro atoms. The minimum absolute atomic E-state index is 0.207. The average Bonchev–Trinajstić information content (AvgIpc) is 2.30. The molecule has 1 heterocycles. The lowest BCUT2D eigenvalue weighted by Gasteiger charge is -2.17. The van der Waals surface area contributed by atoms with Crippen LogP contribution in [0.5, 0.6) is 0 Å². The number of hydrogen-bond acceptors (Lipinski definition) is 4. The molecule has 0 amide bonds. The van der Waals surface area contributed by atoms with Crippen LogP contribution in [-0.4, -0.2) is 35.6 Å². The first-order valence-corrected chi connectivity index (χ1v) is 4.21. The van der Waals surface area contributed by atoms with Crippen molar-refractivity contribution in [3.8, 4) is 0 Å². The zero-order valence-electron chi connectivity index (χ0n) is 7.82. The van der Waals surface area contributed by atoms with E-state index in [4.69, 9.17) is 20.3 Å². The number of nitrogens with two attached hydrogens (primary N) is 1. The summed E-state index contributed by atoms with van der Waals surface area (Å²) in [6.45, 7) is 3.99. The van der Waals surface area contributed by atoms with Crippen LogP contribution in [0.15, 0.2) is 0 Å². The van der Waals surface area contributed by atoms with Crippen LogP contribution in [0.3, 0.4) is 0 Å². The zero-order valence-corrected chi connectivity index (χ0v) is 7.82. The summed E-state index contributed by atoms with van der Waals surface area (Å²) in [4.78, 5) is 10.4. The lowest BCUT2D eigenvalue weighted by Crippen LogP contribution is -2.35. The van der Waals surface area contributed by atoms with Gasteiger partial charge in [0.25, 0.3) is 0 Å². The summed E-state index contributed by atoms with van der Waals surface area (Å²) < 4.78 is 10.7. The Balaban J connectivity index is 2.36. The topological polar surface area (TPSA) is 81.8 Å². The molecule has 1 aliphatic rings. The fourth-order valence-electron chi connectivity index (χ4n) is 1.26. The highest BCUT2D eigenvalue weighted by atomic mass is 16.7. The summed E-state index contributed by atoms with van der Waals surface area (Å²) in [6, 6.07) is -0.873. The Morgan fingerprint density at radius 3 is 2.77 bits per heavy atom. The lowest BCUT2D eigenvalue weighted by atomic mass is 10.1. The number of rotatable bonds is 3. The number of ether oxygens (including phenoxy) is 2. The Bertz CT molecular complexity index is 204. The second-order valence-electron chi connectivity index (χ2n) is 3.63. The quantitative estimate of drug-likeness (QED) is 0.650. The molecule has 0 bridgehead atoms. The first-order chi connectivity index (χ1) is 5.91. The maximum absolute atomic E-state index is 10.4. The van der Waals surface area contributed by atoms with Crippen molar-refractivity contribution in [3.05, 3.63) is 0 Å². The van der Waals surface area contributed by atoms with Gasteiger partial charge in [0.15, 0.2) is 5.79 Å². The highest BCUT2D eigenvalue weighted by molar-refractivity contribution is 5.73. The Morgan fingerprint density at radius 1 is 1.77 bits per heavy atom. The smallest absolute Gasteiger partial charge is 0.320 e. The minimum Gasteiger partial charge on any atom is -0.480 e. The van der Waals surface area contributed by atoms with Gasteiger partial charge in [0.1, 0.15) is 6.04 Å². The number of hydrogen-bond donors (Lipinski definition) is 2. The van der Waals surface area contributed by atoms with Crippen molar-refractivity contribution < 1.29 is 19.4 Å². The van der Waals surface area contributed by atoms with E-state index < -0.39 is 17.8 Å². The molecule has 2 atom stereocenters. The molecule has 1 fully saturated rings. The molecule has 76 valence electrons. The molecule has 1 rings (SSSR count). The van der Waals surface area contributed by atoms with Crippen molar-refractivity contribution in [2.24, 2.45) is 5.73 Å². The fourth-order valence-corrected chi connectivity index (χ4v) is 1.26. The molecule has 0 radical (unpaired) electrons. The van der Waals surface area contributed by atoms with Crippen molar-refractivity contribution in [2.75, 3.05) is 6.61 Å². The van der Waals surface area contributed by atoms with Gasteiger partial charge in [0, 0.05) is 6.42 Å². The van der Waals surface area contributed by atoms with Crippen LogP contribution in [0, 0.1) is 0 Å². The van der Waals surface area contributed by atoms with Gasteiger partial charge in [-0.3, -0.25) is 4.79 Å². The predicted molar refractivity (Wildman–Crippen MR) is 45.1 cm³/mol. The number of aliphatic carboxylic acids is 1. The van der Waals surface area contributed by atoms with Crippen LogP contribution in [-0.2, 0) is 14.3 Å². The predicted octanol–water partition coefficient (Wildman–Crippen LogP) is -0.0601. The van der Waals surface area contributed by atoms with Crippen molar-refractivity contribution in [2.45, 2.75) is 38.2 Å². The van der Waals surface area contributed by atoms with Gasteiger partial charge in [-0.15, -0.1) is 0 Å². The van der Waals surface area contributed by atoms with Gasteiger partial charge in [0.05, 0.1) is 12.7 Å². The summed E-state index contributed by atoms with van der Waals surface area (Å²) in [5, 5.41) is 8.55. The minimum atomic E-state index is -1.01. The van der Waals surface area contributed by atoms with E-state index in [0.717, 1.165) is 0 Å². The molecule has 13 heavy (non-hydrogen) atoms. The van der Waals surface area contributed by atoms with E-state index in [1.807, 2.05) is 0 Å². The van der Waals surface area contributed by atoms with E-state index in [2.05, 4.69) is 0 Å². The molecule has 0 aromatic carbocycles. The molecule has 1 aliphatic heterocycles. The maximum atomic E-state index is 10.4. The first kappa shape index (κ1) is 10.4. The Morgan fingerprint density at radius 2 is 2.38 bits per heavy atom. The van der Waals surface area contributed by atoms with Crippen molar-refractivity contribution >= 4 is 5.97 Å². The summed E-state index contributed by atoms with van der Waals surface area (Å²) >= 11 is 0.